The average Bonchev–Trinajstić information content (AvgIpc) is 3.37. The zero-order valence-corrected chi connectivity index (χ0v) is 24.6. The Balaban J connectivity index is 1.21. The van der Waals surface area contributed by atoms with E-state index in [4.69, 9.17) is 4.74 Å². The molecule has 2 aliphatic rings. The average molecular weight is 565 g/mol. The molecule has 214 valence electrons. The highest BCUT2D eigenvalue weighted by Crippen LogP contribution is 2.33. The van der Waals surface area contributed by atoms with E-state index in [1.165, 1.54) is 11.3 Å². The quantitative estimate of drug-likeness (QED) is 0.378. The van der Waals surface area contributed by atoms with Gasteiger partial charge >= 0.3 is 0 Å². The molecule has 2 aliphatic heterocycles. The van der Waals surface area contributed by atoms with Crippen LogP contribution in [0.2, 0.25) is 0 Å². The second-order valence-corrected chi connectivity index (χ2v) is 12.9. The lowest BCUT2D eigenvalue weighted by Crippen LogP contribution is -2.45. The molecule has 1 unspecified atom stereocenters. The van der Waals surface area contributed by atoms with Gasteiger partial charge in [-0.2, -0.15) is 4.31 Å². The third-order valence-corrected chi connectivity index (χ3v) is 10.6. The van der Waals surface area contributed by atoms with Crippen molar-refractivity contribution in [2.45, 2.75) is 82.8 Å². The van der Waals surface area contributed by atoms with Gasteiger partial charge in [0.2, 0.25) is 15.9 Å². The van der Waals surface area contributed by atoms with E-state index in [1.54, 1.807) is 23.5 Å². The third-order valence-electron chi connectivity index (χ3n) is 8.38. The predicted molar refractivity (Wildman–Crippen MR) is 155 cm³/mol. The zero-order chi connectivity index (χ0) is 28.3. The van der Waals surface area contributed by atoms with Crippen LogP contribution in [-0.4, -0.2) is 59.3 Å². The normalized spacial score (nSPS) is 18.0. The van der Waals surface area contributed by atoms with E-state index in [-0.39, 0.29) is 11.9 Å². The summed E-state index contributed by atoms with van der Waals surface area (Å²) in [5.74, 6) is 0.758. The van der Waals surface area contributed by atoms with Gasteiger partial charge in [-0.3, -0.25) is 9.78 Å². The molecular formula is C31H40N4O4S. The molecule has 9 heteroatoms. The van der Waals surface area contributed by atoms with Crippen molar-refractivity contribution in [2.75, 3.05) is 20.2 Å². The number of piperidine rings is 1. The fourth-order valence-electron chi connectivity index (χ4n) is 6.31. The number of methoxy groups -OCH3 is 1. The van der Waals surface area contributed by atoms with Gasteiger partial charge in [-0.1, -0.05) is 6.42 Å². The number of amides is 1. The zero-order valence-electron chi connectivity index (χ0n) is 23.8. The Morgan fingerprint density at radius 3 is 2.48 bits per heavy atom. The van der Waals surface area contributed by atoms with Crippen LogP contribution < -0.4 is 4.74 Å². The number of carbonyl (C=O) groups excluding carboxylic acids is 1. The van der Waals surface area contributed by atoms with Crippen LogP contribution in [0.1, 0.15) is 60.2 Å². The summed E-state index contributed by atoms with van der Waals surface area (Å²) in [7, 11) is -2.10. The molecule has 0 aliphatic carbocycles. The largest absolute Gasteiger partial charge is 0.497 e. The molecule has 5 rings (SSSR count). The van der Waals surface area contributed by atoms with Crippen LogP contribution in [0.25, 0.3) is 0 Å². The van der Waals surface area contributed by atoms with Crippen molar-refractivity contribution in [3.05, 3.63) is 76.9 Å². The number of benzene rings is 1. The Kier molecular flexibility index (Phi) is 8.61. The topological polar surface area (TPSA) is 84.7 Å². The van der Waals surface area contributed by atoms with Crippen LogP contribution in [0, 0.1) is 13.8 Å². The molecule has 0 spiro atoms. The molecule has 4 heterocycles. The number of sulfonamides is 1. The van der Waals surface area contributed by atoms with Crippen LogP contribution in [0.5, 0.6) is 5.75 Å². The summed E-state index contributed by atoms with van der Waals surface area (Å²) in [4.78, 5) is 19.7. The molecule has 3 aromatic rings. The minimum Gasteiger partial charge on any atom is -0.497 e. The van der Waals surface area contributed by atoms with Gasteiger partial charge in [0.15, 0.2) is 0 Å². The van der Waals surface area contributed by atoms with E-state index < -0.39 is 10.0 Å². The molecule has 0 bridgehead atoms. The molecule has 2 aromatic heterocycles. The van der Waals surface area contributed by atoms with Crippen molar-refractivity contribution in [2.24, 2.45) is 0 Å². The number of pyridine rings is 1. The SMILES string of the molecule is COc1cc(C)c(S(=O)(=O)N2CCCCC2CCC(=O)N2CCn3c(CCc4ccncc4)ccc3C2)c(C)c1. The van der Waals surface area contributed by atoms with Gasteiger partial charge in [0.1, 0.15) is 5.75 Å². The predicted octanol–water partition coefficient (Wildman–Crippen LogP) is 4.66. The van der Waals surface area contributed by atoms with Crippen LogP contribution >= 0.6 is 0 Å². The highest BCUT2D eigenvalue weighted by molar-refractivity contribution is 7.89. The maximum Gasteiger partial charge on any atom is 0.243 e. The van der Waals surface area contributed by atoms with Crippen molar-refractivity contribution in [3.8, 4) is 5.75 Å². The first-order valence-electron chi connectivity index (χ1n) is 14.3. The number of hydrogen-bond donors (Lipinski definition) is 0. The maximum atomic E-state index is 13.9. The van der Waals surface area contributed by atoms with Gasteiger partial charge < -0.3 is 14.2 Å². The Bertz CT molecular complexity index is 1430. The van der Waals surface area contributed by atoms with Gasteiger partial charge in [0.05, 0.1) is 18.6 Å². The molecule has 1 fully saturated rings. The molecule has 0 saturated carbocycles. The van der Waals surface area contributed by atoms with Gasteiger partial charge in [-0.15, -0.1) is 0 Å². The summed E-state index contributed by atoms with van der Waals surface area (Å²) in [6.45, 7) is 6.21. The molecule has 40 heavy (non-hydrogen) atoms. The lowest BCUT2D eigenvalue weighted by atomic mass is 10.00. The number of aromatic nitrogens is 2. The van der Waals surface area contributed by atoms with Crippen molar-refractivity contribution in [1.82, 2.24) is 18.8 Å². The van der Waals surface area contributed by atoms with E-state index in [9.17, 15) is 13.2 Å². The second-order valence-electron chi connectivity index (χ2n) is 11.0. The summed E-state index contributed by atoms with van der Waals surface area (Å²) in [6.07, 6.45) is 9.07. The van der Waals surface area contributed by atoms with Gasteiger partial charge in [-0.25, -0.2) is 8.42 Å². The van der Waals surface area contributed by atoms with Gasteiger partial charge in [-0.05, 0) is 99.0 Å². The summed E-state index contributed by atoms with van der Waals surface area (Å²) in [6, 6.07) is 11.8. The lowest BCUT2D eigenvalue weighted by molar-refractivity contribution is -0.133. The number of rotatable bonds is 9. The summed E-state index contributed by atoms with van der Waals surface area (Å²) in [5, 5.41) is 0. The first kappa shape index (κ1) is 28.4. The fourth-order valence-corrected chi connectivity index (χ4v) is 8.45. The lowest BCUT2D eigenvalue weighted by Gasteiger charge is -2.36. The smallest absolute Gasteiger partial charge is 0.243 e. The van der Waals surface area contributed by atoms with Crippen molar-refractivity contribution in [3.63, 3.8) is 0 Å². The van der Waals surface area contributed by atoms with Crippen LogP contribution in [-0.2, 0) is 40.7 Å². The standard InChI is InChI=1S/C31H40N4O4S/c1-23-20-29(39-3)21-24(2)31(23)40(37,38)35-17-5-4-6-27(35)11-12-30(36)33-18-19-34-26(9-10-28(34)22-33)8-7-25-13-15-32-16-14-25/h9-10,13-16,20-21,27H,4-8,11-12,17-19,22H2,1-3H3. The van der Waals surface area contributed by atoms with E-state index in [2.05, 4.69) is 33.8 Å². The van der Waals surface area contributed by atoms with Crippen molar-refractivity contribution < 1.29 is 17.9 Å². The summed E-state index contributed by atoms with van der Waals surface area (Å²) < 4.78 is 37.0. The molecule has 0 N–H and O–H groups in total. The molecule has 1 amide bonds. The molecule has 1 atom stereocenters. The Morgan fingerprint density at radius 1 is 1.00 bits per heavy atom. The van der Waals surface area contributed by atoms with Crippen LogP contribution in [0.4, 0.5) is 0 Å². The van der Waals surface area contributed by atoms with Gasteiger partial charge in [0.25, 0.3) is 0 Å². The van der Waals surface area contributed by atoms with Crippen LogP contribution in [0.15, 0.2) is 53.7 Å². The monoisotopic (exact) mass is 564 g/mol. The number of nitrogens with zero attached hydrogens (tertiary/aromatic N) is 4. The fraction of sp³-hybridized carbons (Fsp3) is 0.484. The number of aryl methyl sites for hydroxylation is 4. The van der Waals surface area contributed by atoms with Crippen molar-refractivity contribution >= 4 is 15.9 Å². The number of ether oxygens (including phenoxy) is 1. The maximum absolute atomic E-state index is 13.9. The van der Waals surface area contributed by atoms with E-state index in [1.807, 2.05) is 31.1 Å². The third kappa shape index (κ3) is 5.95. The number of hydrogen-bond acceptors (Lipinski definition) is 5. The highest BCUT2D eigenvalue weighted by atomic mass is 32.2. The van der Waals surface area contributed by atoms with E-state index in [0.29, 0.717) is 54.2 Å². The molecule has 8 nitrogen and oxygen atoms in total. The highest BCUT2D eigenvalue weighted by Gasteiger charge is 2.36. The molecular weight excluding hydrogens is 524 g/mol. The summed E-state index contributed by atoms with van der Waals surface area (Å²) >= 11 is 0. The number of fused-ring (bicyclic) bond motifs is 1. The van der Waals surface area contributed by atoms with E-state index >= 15 is 0 Å². The Morgan fingerprint density at radius 2 is 1.75 bits per heavy atom. The minimum absolute atomic E-state index is 0.102. The second kappa shape index (κ2) is 12.1. The molecule has 0 radical (unpaired) electrons. The van der Waals surface area contributed by atoms with E-state index in [0.717, 1.165) is 44.3 Å². The summed E-state index contributed by atoms with van der Waals surface area (Å²) in [5.41, 5.74) is 5.11. The molecule has 1 saturated heterocycles. The number of carbonyl (C=O) groups is 1. The van der Waals surface area contributed by atoms with Gasteiger partial charge in [0, 0.05) is 55.9 Å². The van der Waals surface area contributed by atoms with Crippen molar-refractivity contribution in [1.29, 1.82) is 0 Å². The first-order valence-corrected chi connectivity index (χ1v) is 15.7. The van der Waals surface area contributed by atoms with Crippen LogP contribution in [0.3, 0.4) is 0 Å². The Hall–Kier alpha value is -3.17. The minimum atomic E-state index is -3.69. The first-order chi connectivity index (χ1) is 19.3. The molecule has 1 aromatic carbocycles. The Labute approximate surface area is 238 Å².